The van der Waals surface area contributed by atoms with Gasteiger partial charge in [0.05, 0.1) is 12.1 Å². The van der Waals surface area contributed by atoms with Gasteiger partial charge in [0.25, 0.3) is 0 Å². The summed E-state index contributed by atoms with van der Waals surface area (Å²) in [7, 11) is 0. The third kappa shape index (κ3) is 3.65. The summed E-state index contributed by atoms with van der Waals surface area (Å²) >= 11 is 0. The first-order valence-corrected chi connectivity index (χ1v) is 8.38. The molecule has 0 bridgehead atoms. The van der Waals surface area contributed by atoms with Crippen LogP contribution in [-0.4, -0.2) is 42.3 Å². The van der Waals surface area contributed by atoms with Gasteiger partial charge in [0, 0.05) is 19.1 Å². The molecule has 2 aliphatic rings. The highest BCUT2D eigenvalue weighted by molar-refractivity contribution is 5.26. The quantitative estimate of drug-likeness (QED) is 0.843. The Bertz CT molecular complexity index is 446. The molecule has 2 fully saturated rings. The number of aliphatic hydroxyl groups excluding tert-OH is 1. The molecule has 21 heavy (non-hydrogen) atoms. The fraction of sp³-hybridized carbons (Fsp3) is 0.667. The van der Waals surface area contributed by atoms with Gasteiger partial charge < -0.3 is 15.3 Å². The Morgan fingerprint density at radius 2 is 2.00 bits per heavy atom. The number of hydrogen-bond acceptors (Lipinski definition) is 3. The van der Waals surface area contributed by atoms with Crippen molar-refractivity contribution in [1.29, 1.82) is 0 Å². The van der Waals surface area contributed by atoms with Crippen LogP contribution in [0.4, 0.5) is 0 Å². The van der Waals surface area contributed by atoms with Crippen LogP contribution in [-0.2, 0) is 5.54 Å². The Labute approximate surface area is 128 Å². The summed E-state index contributed by atoms with van der Waals surface area (Å²) in [5, 5.41) is 14.0. The van der Waals surface area contributed by atoms with E-state index >= 15 is 0 Å². The van der Waals surface area contributed by atoms with Crippen molar-refractivity contribution in [2.45, 2.75) is 44.2 Å². The van der Waals surface area contributed by atoms with E-state index in [0.717, 1.165) is 25.6 Å². The summed E-state index contributed by atoms with van der Waals surface area (Å²) in [4.78, 5) is 2.53. The topological polar surface area (TPSA) is 35.5 Å². The molecule has 3 nitrogen and oxygen atoms in total. The maximum absolute atomic E-state index is 10.2. The Morgan fingerprint density at radius 3 is 2.62 bits per heavy atom. The predicted molar refractivity (Wildman–Crippen MR) is 86.2 cm³/mol. The SMILES string of the molecule is CC1CCCN(CC(CO)(NC2CC2)c2ccccc2)C1. The summed E-state index contributed by atoms with van der Waals surface area (Å²) < 4.78 is 0. The molecule has 0 aromatic heterocycles. The Kier molecular flexibility index (Phi) is 4.63. The molecule has 116 valence electrons. The third-order valence-corrected chi connectivity index (χ3v) is 4.89. The second-order valence-corrected chi connectivity index (χ2v) is 7.01. The molecule has 1 aromatic carbocycles. The van der Waals surface area contributed by atoms with Crippen LogP contribution in [0.25, 0.3) is 0 Å². The van der Waals surface area contributed by atoms with Gasteiger partial charge in [-0.3, -0.25) is 0 Å². The maximum Gasteiger partial charge on any atom is 0.0799 e. The van der Waals surface area contributed by atoms with Crippen molar-refractivity contribution >= 4 is 0 Å². The van der Waals surface area contributed by atoms with Crippen LogP contribution < -0.4 is 5.32 Å². The first-order chi connectivity index (χ1) is 10.2. The third-order valence-electron chi connectivity index (χ3n) is 4.89. The van der Waals surface area contributed by atoms with E-state index in [-0.39, 0.29) is 12.1 Å². The zero-order valence-corrected chi connectivity index (χ0v) is 13.1. The number of aliphatic hydroxyl groups is 1. The lowest BCUT2D eigenvalue weighted by atomic mass is 9.88. The van der Waals surface area contributed by atoms with Crippen LogP contribution in [0.1, 0.15) is 38.2 Å². The second-order valence-electron chi connectivity index (χ2n) is 7.01. The lowest BCUT2D eigenvalue weighted by Crippen LogP contribution is -2.55. The predicted octanol–water partition coefficient (Wildman–Crippen LogP) is 2.36. The lowest BCUT2D eigenvalue weighted by molar-refractivity contribution is 0.0818. The number of benzene rings is 1. The van der Waals surface area contributed by atoms with Gasteiger partial charge in [-0.05, 0) is 43.7 Å². The van der Waals surface area contributed by atoms with E-state index in [9.17, 15) is 5.11 Å². The van der Waals surface area contributed by atoms with Crippen molar-refractivity contribution < 1.29 is 5.11 Å². The standard InChI is InChI=1S/C18H28N2O/c1-15-6-5-11-20(12-15)13-18(14-21,19-17-9-10-17)16-7-3-2-4-8-16/h2-4,7-8,15,17,19,21H,5-6,9-14H2,1H3. The summed E-state index contributed by atoms with van der Waals surface area (Å²) in [6.07, 6.45) is 5.10. The van der Waals surface area contributed by atoms with Crippen LogP contribution in [0.15, 0.2) is 30.3 Å². The van der Waals surface area contributed by atoms with E-state index in [2.05, 4.69) is 41.4 Å². The van der Waals surface area contributed by atoms with Crippen molar-refractivity contribution in [3.8, 4) is 0 Å². The average Bonchev–Trinajstić information content (AvgIpc) is 3.31. The van der Waals surface area contributed by atoms with Crippen LogP contribution in [0.3, 0.4) is 0 Å². The smallest absolute Gasteiger partial charge is 0.0799 e. The molecule has 3 heteroatoms. The molecule has 1 aliphatic heterocycles. The fourth-order valence-electron chi connectivity index (χ4n) is 3.59. The van der Waals surface area contributed by atoms with Crippen molar-refractivity contribution in [2.75, 3.05) is 26.2 Å². The lowest BCUT2D eigenvalue weighted by Gasteiger charge is -2.41. The van der Waals surface area contributed by atoms with Crippen LogP contribution >= 0.6 is 0 Å². The van der Waals surface area contributed by atoms with Crippen LogP contribution in [0, 0.1) is 5.92 Å². The molecule has 1 heterocycles. The van der Waals surface area contributed by atoms with E-state index < -0.39 is 0 Å². The number of piperidine rings is 1. The first-order valence-electron chi connectivity index (χ1n) is 8.38. The van der Waals surface area contributed by atoms with E-state index in [1.807, 2.05) is 6.07 Å². The van der Waals surface area contributed by atoms with Gasteiger partial charge in [-0.2, -0.15) is 0 Å². The molecular formula is C18H28N2O. The zero-order chi connectivity index (χ0) is 14.7. The number of rotatable bonds is 6. The van der Waals surface area contributed by atoms with Gasteiger partial charge >= 0.3 is 0 Å². The van der Waals surface area contributed by atoms with Gasteiger partial charge in [-0.1, -0.05) is 37.3 Å². The van der Waals surface area contributed by atoms with Crippen molar-refractivity contribution in [2.24, 2.45) is 5.92 Å². The Balaban J connectivity index is 1.80. The monoisotopic (exact) mass is 288 g/mol. The zero-order valence-electron chi connectivity index (χ0n) is 13.1. The molecule has 1 aromatic rings. The minimum atomic E-state index is -0.306. The van der Waals surface area contributed by atoms with E-state index in [0.29, 0.717) is 6.04 Å². The van der Waals surface area contributed by atoms with Crippen molar-refractivity contribution in [1.82, 2.24) is 10.2 Å². The highest BCUT2D eigenvalue weighted by atomic mass is 16.3. The molecular weight excluding hydrogens is 260 g/mol. The number of hydrogen-bond donors (Lipinski definition) is 2. The van der Waals surface area contributed by atoms with Crippen molar-refractivity contribution in [3.63, 3.8) is 0 Å². The summed E-state index contributed by atoms with van der Waals surface area (Å²) in [6, 6.07) is 11.1. The number of nitrogens with one attached hydrogen (secondary N) is 1. The maximum atomic E-state index is 10.2. The van der Waals surface area contributed by atoms with E-state index in [1.165, 1.54) is 31.2 Å². The van der Waals surface area contributed by atoms with E-state index in [1.54, 1.807) is 0 Å². The molecule has 2 atom stereocenters. The largest absolute Gasteiger partial charge is 0.394 e. The van der Waals surface area contributed by atoms with Gasteiger partial charge in [0.2, 0.25) is 0 Å². The van der Waals surface area contributed by atoms with Gasteiger partial charge in [-0.25, -0.2) is 0 Å². The summed E-state index contributed by atoms with van der Waals surface area (Å²) in [5.74, 6) is 0.770. The van der Waals surface area contributed by atoms with Gasteiger partial charge in [0.15, 0.2) is 0 Å². The molecule has 1 aliphatic carbocycles. The minimum absolute atomic E-state index is 0.165. The number of nitrogens with zero attached hydrogens (tertiary/aromatic N) is 1. The van der Waals surface area contributed by atoms with Crippen molar-refractivity contribution in [3.05, 3.63) is 35.9 Å². The molecule has 0 spiro atoms. The Hall–Kier alpha value is -0.900. The Morgan fingerprint density at radius 1 is 1.24 bits per heavy atom. The minimum Gasteiger partial charge on any atom is -0.394 e. The molecule has 0 radical (unpaired) electrons. The van der Waals surface area contributed by atoms with E-state index in [4.69, 9.17) is 0 Å². The average molecular weight is 288 g/mol. The summed E-state index contributed by atoms with van der Waals surface area (Å²) in [5.41, 5.74) is 0.914. The van der Waals surface area contributed by atoms with Crippen LogP contribution in [0.2, 0.25) is 0 Å². The highest BCUT2D eigenvalue weighted by Gasteiger charge is 2.39. The molecule has 1 saturated carbocycles. The molecule has 2 N–H and O–H groups in total. The molecule has 1 saturated heterocycles. The highest BCUT2D eigenvalue weighted by Crippen LogP contribution is 2.30. The molecule has 3 rings (SSSR count). The molecule has 2 unspecified atom stereocenters. The normalized spacial score (nSPS) is 26.5. The van der Waals surface area contributed by atoms with Gasteiger partial charge in [0.1, 0.15) is 0 Å². The van der Waals surface area contributed by atoms with Crippen LogP contribution in [0.5, 0.6) is 0 Å². The number of likely N-dealkylation sites (tertiary alicyclic amines) is 1. The van der Waals surface area contributed by atoms with Gasteiger partial charge in [-0.15, -0.1) is 0 Å². The summed E-state index contributed by atoms with van der Waals surface area (Å²) in [6.45, 7) is 5.72. The second kappa shape index (κ2) is 6.47. The fourth-order valence-corrected chi connectivity index (χ4v) is 3.59. The first kappa shape index (κ1) is 15.0. The molecule has 0 amide bonds.